The molecule has 1 unspecified atom stereocenters. The number of imidazole rings is 1. The van der Waals surface area contributed by atoms with E-state index in [-0.39, 0.29) is 17.9 Å². The Labute approximate surface area is 164 Å². The van der Waals surface area contributed by atoms with E-state index in [1.54, 1.807) is 13.0 Å². The number of hydrogen-bond donors (Lipinski definition) is 1. The van der Waals surface area contributed by atoms with Crippen LogP contribution in [0.25, 0.3) is 0 Å². The summed E-state index contributed by atoms with van der Waals surface area (Å²) in [7, 11) is 0. The summed E-state index contributed by atoms with van der Waals surface area (Å²) in [5.41, 5.74) is 1.17. The van der Waals surface area contributed by atoms with Crippen molar-refractivity contribution in [2.24, 2.45) is 0 Å². The summed E-state index contributed by atoms with van der Waals surface area (Å²) < 4.78 is 6.96. The molecule has 0 radical (unpaired) electrons. The third-order valence-electron chi connectivity index (χ3n) is 5.75. The van der Waals surface area contributed by atoms with Gasteiger partial charge in [-0.05, 0) is 51.9 Å². The first kappa shape index (κ1) is 18.7. The van der Waals surface area contributed by atoms with Crippen LogP contribution >= 0.6 is 0 Å². The lowest BCUT2D eigenvalue weighted by Gasteiger charge is -2.35. The van der Waals surface area contributed by atoms with Crippen LogP contribution in [-0.2, 0) is 13.0 Å². The Morgan fingerprint density at radius 2 is 2.07 bits per heavy atom. The fraction of sp³-hybridized carbons (Fsp3) is 0.600. The minimum atomic E-state index is -0.344. The summed E-state index contributed by atoms with van der Waals surface area (Å²) in [5.74, 6) is 0.981. The molecule has 2 aromatic heterocycles. The number of hydrogen-bond acceptors (Lipinski definition) is 5. The molecule has 1 N–H and O–H groups in total. The monoisotopic (exact) mass is 385 g/mol. The molecule has 28 heavy (non-hydrogen) atoms. The second-order valence-electron chi connectivity index (χ2n) is 7.67. The van der Waals surface area contributed by atoms with E-state index in [0.29, 0.717) is 23.1 Å². The number of carbonyl (C=O) groups is 2. The van der Waals surface area contributed by atoms with E-state index in [0.717, 1.165) is 63.7 Å². The number of rotatable bonds is 4. The predicted octanol–water partition coefficient (Wildman–Crippen LogP) is 3.17. The molecular weight excluding hydrogens is 358 g/mol. The van der Waals surface area contributed by atoms with Crippen molar-refractivity contribution in [2.75, 3.05) is 11.9 Å². The third-order valence-corrected chi connectivity index (χ3v) is 5.75. The molecule has 4 heterocycles. The van der Waals surface area contributed by atoms with E-state index in [2.05, 4.69) is 22.4 Å². The van der Waals surface area contributed by atoms with Crippen molar-refractivity contribution in [1.82, 2.24) is 19.6 Å². The molecule has 0 spiro atoms. The molecule has 150 valence electrons. The van der Waals surface area contributed by atoms with Crippen LogP contribution in [0.3, 0.4) is 0 Å². The predicted molar refractivity (Wildman–Crippen MR) is 103 cm³/mol. The molecule has 0 saturated carbocycles. The van der Waals surface area contributed by atoms with Gasteiger partial charge in [0.25, 0.3) is 11.8 Å². The molecule has 8 nitrogen and oxygen atoms in total. The lowest BCUT2D eigenvalue weighted by atomic mass is 10.00. The Kier molecular flexibility index (Phi) is 5.19. The molecule has 1 atom stereocenters. The maximum atomic E-state index is 13.3. The summed E-state index contributed by atoms with van der Waals surface area (Å²) in [6.45, 7) is 5.38. The van der Waals surface area contributed by atoms with Crippen molar-refractivity contribution in [2.45, 2.75) is 71.4 Å². The Morgan fingerprint density at radius 3 is 2.82 bits per heavy atom. The smallest absolute Gasteiger partial charge is 0.290 e. The third kappa shape index (κ3) is 3.43. The molecule has 0 aliphatic carbocycles. The van der Waals surface area contributed by atoms with Gasteiger partial charge in [-0.15, -0.1) is 0 Å². The van der Waals surface area contributed by atoms with Crippen LogP contribution in [-0.4, -0.2) is 44.0 Å². The summed E-state index contributed by atoms with van der Waals surface area (Å²) in [6, 6.07) is 1.92. The van der Waals surface area contributed by atoms with Crippen LogP contribution in [0, 0.1) is 6.92 Å². The average molecular weight is 385 g/mol. The van der Waals surface area contributed by atoms with Gasteiger partial charge >= 0.3 is 0 Å². The van der Waals surface area contributed by atoms with Gasteiger partial charge in [0.1, 0.15) is 5.76 Å². The van der Waals surface area contributed by atoms with Crippen LogP contribution in [0.4, 0.5) is 5.82 Å². The zero-order chi connectivity index (χ0) is 19.7. The van der Waals surface area contributed by atoms with Crippen molar-refractivity contribution in [1.29, 1.82) is 0 Å². The Balaban J connectivity index is 1.65. The summed E-state index contributed by atoms with van der Waals surface area (Å²) in [4.78, 5) is 32.7. The zero-order valence-electron chi connectivity index (χ0n) is 16.5. The first-order chi connectivity index (χ1) is 13.6. The Hall–Kier alpha value is -2.64. The quantitative estimate of drug-likeness (QED) is 0.872. The minimum absolute atomic E-state index is 0.0500. The topological polar surface area (TPSA) is 93.3 Å². The second kappa shape index (κ2) is 7.77. The maximum Gasteiger partial charge on any atom is 0.290 e. The number of nitrogens with one attached hydrogen (secondary N) is 1. The number of aromatic nitrogens is 3. The highest BCUT2D eigenvalue weighted by atomic mass is 16.5. The largest absolute Gasteiger partial charge is 0.360 e. The zero-order valence-corrected chi connectivity index (χ0v) is 16.5. The lowest BCUT2D eigenvalue weighted by Crippen LogP contribution is -2.44. The second-order valence-corrected chi connectivity index (χ2v) is 7.67. The van der Waals surface area contributed by atoms with Crippen molar-refractivity contribution in [3.05, 3.63) is 29.0 Å². The van der Waals surface area contributed by atoms with Gasteiger partial charge < -0.3 is 19.3 Å². The molecule has 0 bridgehead atoms. The molecule has 4 rings (SSSR count). The van der Waals surface area contributed by atoms with Crippen LogP contribution in [0.2, 0.25) is 0 Å². The van der Waals surface area contributed by atoms with Gasteiger partial charge in [0.2, 0.25) is 0 Å². The van der Waals surface area contributed by atoms with Gasteiger partial charge in [-0.2, -0.15) is 0 Å². The number of likely N-dealkylation sites (tertiary alicyclic amines) is 1. The molecule has 1 fully saturated rings. The van der Waals surface area contributed by atoms with Crippen molar-refractivity contribution < 1.29 is 14.1 Å². The number of aryl methyl sites for hydroxylation is 1. The molecule has 0 aromatic carbocycles. The standard InChI is InChI=1S/C20H27N5O3/c1-3-14-8-4-6-10-24(14)20(27)18-22-17(15-9-5-7-11-25(15)18)19(26)21-16-12-13(2)28-23-16/h12,14H,3-11H2,1-2H3,(H,21,23,26). The van der Waals surface area contributed by atoms with Crippen LogP contribution in [0.1, 0.15) is 78.0 Å². The maximum absolute atomic E-state index is 13.3. The normalized spacial score (nSPS) is 19.4. The van der Waals surface area contributed by atoms with Crippen LogP contribution in [0.5, 0.6) is 0 Å². The van der Waals surface area contributed by atoms with Crippen LogP contribution in [0.15, 0.2) is 10.6 Å². The SMILES string of the molecule is CCC1CCCCN1C(=O)c1nc(C(=O)Nc2cc(C)on2)c2n1CCCC2. The van der Waals surface area contributed by atoms with Crippen molar-refractivity contribution >= 4 is 17.6 Å². The highest BCUT2D eigenvalue weighted by molar-refractivity contribution is 6.04. The molecular formula is C20H27N5O3. The number of carbonyl (C=O) groups excluding carboxylic acids is 2. The van der Waals surface area contributed by atoms with E-state index in [1.165, 1.54) is 0 Å². The number of piperidine rings is 1. The lowest BCUT2D eigenvalue weighted by molar-refractivity contribution is 0.0589. The molecule has 8 heteroatoms. The van der Waals surface area contributed by atoms with E-state index in [9.17, 15) is 9.59 Å². The van der Waals surface area contributed by atoms with Crippen molar-refractivity contribution in [3.8, 4) is 0 Å². The number of anilines is 1. The average Bonchev–Trinajstić information content (AvgIpc) is 3.31. The fourth-order valence-corrected chi connectivity index (χ4v) is 4.31. The number of fused-ring (bicyclic) bond motifs is 1. The van der Waals surface area contributed by atoms with Gasteiger partial charge in [0, 0.05) is 25.2 Å². The Morgan fingerprint density at radius 1 is 1.25 bits per heavy atom. The van der Waals surface area contributed by atoms with E-state index >= 15 is 0 Å². The van der Waals surface area contributed by atoms with Gasteiger partial charge in [-0.25, -0.2) is 4.98 Å². The highest BCUT2D eigenvalue weighted by Gasteiger charge is 2.33. The first-order valence-electron chi connectivity index (χ1n) is 10.2. The van der Waals surface area contributed by atoms with Gasteiger partial charge in [0.15, 0.2) is 17.3 Å². The molecule has 1 saturated heterocycles. The van der Waals surface area contributed by atoms with Crippen molar-refractivity contribution in [3.63, 3.8) is 0 Å². The van der Waals surface area contributed by atoms with Gasteiger partial charge in [0.05, 0.1) is 5.69 Å². The molecule has 2 amide bonds. The molecule has 2 aliphatic heterocycles. The minimum Gasteiger partial charge on any atom is -0.360 e. The van der Waals surface area contributed by atoms with E-state index in [1.807, 2.05) is 9.47 Å². The van der Waals surface area contributed by atoms with Crippen LogP contribution < -0.4 is 5.32 Å². The summed E-state index contributed by atoms with van der Waals surface area (Å²) >= 11 is 0. The summed E-state index contributed by atoms with van der Waals surface area (Å²) in [6.07, 6.45) is 6.89. The number of nitrogens with zero attached hydrogens (tertiary/aromatic N) is 4. The van der Waals surface area contributed by atoms with E-state index in [4.69, 9.17) is 4.52 Å². The van der Waals surface area contributed by atoms with E-state index < -0.39 is 0 Å². The highest BCUT2D eigenvalue weighted by Crippen LogP contribution is 2.26. The van der Waals surface area contributed by atoms with Gasteiger partial charge in [-0.3, -0.25) is 9.59 Å². The molecule has 2 aliphatic rings. The summed E-state index contributed by atoms with van der Waals surface area (Å²) in [5, 5.41) is 6.55. The first-order valence-corrected chi connectivity index (χ1v) is 10.2. The fourth-order valence-electron chi connectivity index (χ4n) is 4.31. The number of amides is 2. The van der Waals surface area contributed by atoms with Gasteiger partial charge in [-0.1, -0.05) is 12.1 Å². The Bertz CT molecular complexity index is 885. The molecule has 2 aromatic rings.